The lowest BCUT2D eigenvalue weighted by molar-refractivity contribution is 0.627. The number of hydrogen-bond donors (Lipinski definition) is 0. The fraction of sp³-hybridized carbons (Fsp3) is 0. The van der Waals surface area contributed by atoms with Crippen LogP contribution in [-0.4, -0.2) is 9.55 Å². The number of fused-ring (bicyclic) bond motifs is 4. The number of rotatable bonds is 1. The molecule has 0 unspecified atom stereocenters. The number of para-hydroxylation sites is 2. The third-order valence-corrected chi connectivity index (χ3v) is 4.43. The molecular weight excluding hydrogens is 299 g/mol. The highest BCUT2D eigenvalue weighted by Crippen LogP contribution is 2.32. The van der Waals surface area contributed by atoms with E-state index in [1.54, 1.807) is 12.1 Å². The molecule has 0 radical (unpaired) electrons. The number of aromatic nitrogens is 2. The van der Waals surface area contributed by atoms with Crippen LogP contribution in [0.1, 0.15) is 0 Å². The number of nitrogens with zero attached hydrogens (tertiary/aromatic N) is 2. The topological polar surface area (TPSA) is 17.8 Å². The minimum atomic E-state index is -0.233. The molecule has 5 aromatic rings. The van der Waals surface area contributed by atoms with E-state index in [4.69, 9.17) is 4.98 Å². The first-order valence-corrected chi connectivity index (χ1v) is 7.86. The first-order chi connectivity index (χ1) is 11.8. The fourth-order valence-corrected chi connectivity index (χ4v) is 3.34. The van der Waals surface area contributed by atoms with Gasteiger partial charge in [-0.15, -0.1) is 0 Å². The van der Waals surface area contributed by atoms with Crippen molar-refractivity contribution >= 4 is 32.8 Å². The molecule has 5 rings (SSSR count). The zero-order valence-corrected chi connectivity index (χ0v) is 12.8. The van der Waals surface area contributed by atoms with E-state index in [9.17, 15) is 4.39 Å². The Hall–Kier alpha value is -3.20. The highest BCUT2D eigenvalue weighted by Gasteiger charge is 2.13. The maximum absolute atomic E-state index is 13.3. The van der Waals surface area contributed by atoms with Crippen molar-refractivity contribution in [1.29, 1.82) is 0 Å². The molecule has 2 nitrogen and oxygen atoms in total. The molecule has 0 bridgehead atoms. The van der Waals surface area contributed by atoms with Crippen LogP contribution in [0.5, 0.6) is 0 Å². The summed E-state index contributed by atoms with van der Waals surface area (Å²) in [6, 6.07) is 25.0. The molecule has 0 aliphatic rings. The van der Waals surface area contributed by atoms with Gasteiger partial charge in [0.25, 0.3) is 0 Å². The quantitative estimate of drug-likeness (QED) is 0.401. The minimum Gasteiger partial charge on any atom is -0.308 e. The van der Waals surface area contributed by atoms with Crippen molar-refractivity contribution in [3.8, 4) is 5.69 Å². The zero-order chi connectivity index (χ0) is 16.1. The summed E-state index contributed by atoms with van der Waals surface area (Å²) in [7, 11) is 0. The molecule has 0 fully saturated rings. The van der Waals surface area contributed by atoms with Gasteiger partial charge in [-0.3, -0.25) is 0 Å². The van der Waals surface area contributed by atoms with Crippen LogP contribution in [0, 0.1) is 5.82 Å². The van der Waals surface area contributed by atoms with E-state index >= 15 is 0 Å². The largest absolute Gasteiger partial charge is 0.308 e. The Balaban J connectivity index is 1.99. The number of benzene rings is 3. The molecule has 114 valence electrons. The molecule has 0 saturated heterocycles. The Labute approximate surface area is 137 Å². The minimum absolute atomic E-state index is 0.233. The molecule has 0 aliphatic heterocycles. The second-order valence-corrected chi connectivity index (χ2v) is 5.88. The normalized spacial score (nSPS) is 11.5. The van der Waals surface area contributed by atoms with E-state index < -0.39 is 0 Å². The molecular formula is C21H13FN2. The Morgan fingerprint density at radius 1 is 0.750 bits per heavy atom. The molecule has 2 aromatic heterocycles. The molecule has 2 heterocycles. The average molecular weight is 312 g/mol. The smallest absolute Gasteiger partial charge is 0.123 e. The highest BCUT2D eigenvalue weighted by atomic mass is 19.1. The summed E-state index contributed by atoms with van der Waals surface area (Å²) in [6.07, 6.45) is 0. The van der Waals surface area contributed by atoms with Crippen LogP contribution in [0.3, 0.4) is 0 Å². The average Bonchev–Trinajstić information content (AvgIpc) is 2.94. The van der Waals surface area contributed by atoms with Gasteiger partial charge in [0, 0.05) is 16.5 Å². The SMILES string of the molecule is Fc1ccc(-n2c3ccccc3c3nc4ccccc4cc32)cc1. The maximum atomic E-state index is 13.3. The summed E-state index contributed by atoms with van der Waals surface area (Å²) in [4.78, 5) is 4.87. The Morgan fingerprint density at radius 3 is 2.38 bits per heavy atom. The summed E-state index contributed by atoms with van der Waals surface area (Å²) >= 11 is 0. The molecule has 0 amide bonds. The molecule has 0 atom stereocenters. The van der Waals surface area contributed by atoms with Gasteiger partial charge in [-0.05, 0) is 42.5 Å². The van der Waals surface area contributed by atoms with E-state index in [1.807, 2.05) is 30.3 Å². The van der Waals surface area contributed by atoms with Gasteiger partial charge in [0.15, 0.2) is 0 Å². The van der Waals surface area contributed by atoms with Crippen LogP contribution in [0.4, 0.5) is 4.39 Å². The molecule has 3 aromatic carbocycles. The third kappa shape index (κ3) is 1.85. The lowest BCUT2D eigenvalue weighted by atomic mass is 10.2. The molecule has 24 heavy (non-hydrogen) atoms. The number of pyridine rings is 1. The van der Waals surface area contributed by atoms with Crippen molar-refractivity contribution in [2.45, 2.75) is 0 Å². The molecule has 3 heteroatoms. The van der Waals surface area contributed by atoms with E-state index in [2.05, 4.69) is 28.8 Å². The van der Waals surface area contributed by atoms with Crippen molar-refractivity contribution in [2.24, 2.45) is 0 Å². The van der Waals surface area contributed by atoms with E-state index in [0.717, 1.165) is 38.5 Å². The van der Waals surface area contributed by atoms with Crippen LogP contribution < -0.4 is 0 Å². The second-order valence-electron chi connectivity index (χ2n) is 5.88. The van der Waals surface area contributed by atoms with Crippen molar-refractivity contribution in [2.75, 3.05) is 0 Å². The van der Waals surface area contributed by atoms with E-state index in [-0.39, 0.29) is 5.82 Å². The standard InChI is InChI=1S/C21H13FN2/c22-15-9-11-16(12-10-15)24-19-8-4-2-6-17(19)21-20(24)13-14-5-1-3-7-18(14)23-21/h1-13H. The maximum Gasteiger partial charge on any atom is 0.123 e. The first-order valence-electron chi connectivity index (χ1n) is 7.86. The van der Waals surface area contributed by atoms with Gasteiger partial charge in [-0.2, -0.15) is 0 Å². The van der Waals surface area contributed by atoms with Crippen LogP contribution in [0.2, 0.25) is 0 Å². The fourth-order valence-electron chi connectivity index (χ4n) is 3.34. The second kappa shape index (κ2) is 4.90. The molecule has 0 spiro atoms. The van der Waals surface area contributed by atoms with Gasteiger partial charge >= 0.3 is 0 Å². The summed E-state index contributed by atoms with van der Waals surface area (Å²) in [5.74, 6) is -0.233. The van der Waals surface area contributed by atoms with Gasteiger partial charge in [0.05, 0.1) is 22.1 Å². The number of hydrogen-bond acceptors (Lipinski definition) is 1. The Bertz CT molecular complexity index is 1200. The van der Waals surface area contributed by atoms with Crippen LogP contribution >= 0.6 is 0 Å². The van der Waals surface area contributed by atoms with E-state index in [0.29, 0.717) is 0 Å². The summed E-state index contributed by atoms with van der Waals surface area (Å²) < 4.78 is 15.5. The van der Waals surface area contributed by atoms with Gasteiger partial charge in [0.2, 0.25) is 0 Å². The van der Waals surface area contributed by atoms with Crippen LogP contribution in [0.25, 0.3) is 38.5 Å². The molecule has 0 N–H and O–H groups in total. The van der Waals surface area contributed by atoms with Crippen molar-refractivity contribution in [3.63, 3.8) is 0 Å². The van der Waals surface area contributed by atoms with Crippen LogP contribution in [-0.2, 0) is 0 Å². The monoisotopic (exact) mass is 312 g/mol. The third-order valence-electron chi connectivity index (χ3n) is 4.43. The first kappa shape index (κ1) is 13.3. The van der Waals surface area contributed by atoms with Crippen molar-refractivity contribution < 1.29 is 4.39 Å². The molecule has 0 aliphatic carbocycles. The summed E-state index contributed by atoms with van der Waals surface area (Å²) in [5.41, 5.74) is 4.98. The van der Waals surface area contributed by atoms with Crippen LogP contribution in [0.15, 0.2) is 78.9 Å². The number of halogens is 1. The predicted octanol–water partition coefficient (Wildman–Crippen LogP) is 5.47. The van der Waals surface area contributed by atoms with Crippen molar-refractivity contribution in [3.05, 3.63) is 84.7 Å². The molecule has 0 saturated carbocycles. The van der Waals surface area contributed by atoms with Gasteiger partial charge in [-0.1, -0.05) is 36.4 Å². The lowest BCUT2D eigenvalue weighted by Gasteiger charge is -2.07. The Morgan fingerprint density at radius 2 is 1.50 bits per heavy atom. The predicted molar refractivity (Wildman–Crippen MR) is 96.0 cm³/mol. The van der Waals surface area contributed by atoms with Gasteiger partial charge in [0.1, 0.15) is 5.82 Å². The van der Waals surface area contributed by atoms with Gasteiger partial charge in [-0.25, -0.2) is 9.37 Å². The summed E-state index contributed by atoms with van der Waals surface area (Å²) in [5, 5.41) is 2.19. The van der Waals surface area contributed by atoms with Crippen molar-refractivity contribution in [1.82, 2.24) is 9.55 Å². The van der Waals surface area contributed by atoms with Gasteiger partial charge < -0.3 is 4.57 Å². The zero-order valence-electron chi connectivity index (χ0n) is 12.8. The Kier molecular flexibility index (Phi) is 2.71. The summed E-state index contributed by atoms with van der Waals surface area (Å²) in [6.45, 7) is 0. The van der Waals surface area contributed by atoms with E-state index in [1.165, 1.54) is 12.1 Å². The lowest BCUT2D eigenvalue weighted by Crippen LogP contribution is -1.94. The highest BCUT2D eigenvalue weighted by molar-refractivity contribution is 6.10.